The van der Waals surface area contributed by atoms with Crippen molar-refractivity contribution in [2.45, 2.75) is 45.2 Å². The van der Waals surface area contributed by atoms with E-state index in [1.807, 2.05) is 19.1 Å². The highest BCUT2D eigenvalue weighted by Gasteiger charge is 2.33. The molecule has 1 saturated heterocycles. The fourth-order valence-corrected chi connectivity index (χ4v) is 6.15. The molecule has 2 aliphatic rings. The van der Waals surface area contributed by atoms with Gasteiger partial charge in [-0.05, 0) is 60.7 Å². The van der Waals surface area contributed by atoms with Crippen molar-refractivity contribution in [3.63, 3.8) is 0 Å². The van der Waals surface area contributed by atoms with Crippen molar-refractivity contribution in [3.8, 4) is 5.75 Å². The van der Waals surface area contributed by atoms with Crippen molar-refractivity contribution in [1.82, 2.24) is 24.3 Å². The fraction of sp³-hybridized carbons (Fsp3) is 0.297. The van der Waals surface area contributed by atoms with Crippen LogP contribution in [-0.4, -0.2) is 67.9 Å². The minimum atomic E-state index is -0.264. The Bertz CT molecular complexity index is 2020. The number of aryl methyl sites for hydroxylation is 3. The second kappa shape index (κ2) is 14.2. The Morgan fingerprint density at radius 1 is 1.06 bits per heavy atom. The second-order valence-corrected chi connectivity index (χ2v) is 12.8. The number of rotatable bonds is 12. The molecule has 258 valence electrons. The molecule has 1 fully saturated rings. The quantitative estimate of drug-likeness (QED) is 0.0872. The number of ether oxygens (including phenoxy) is 1. The van der Waals surface area contributed by atoms with Gasteiger partial charge >= 0.3 is 0 Å². The maximum atomic E-state index is 13.2. The zero-order valence-corrected chi connectivity index (χ0v) is 28.4. The van der Waals surface area contributed by atoms with E-state index in [2.05, 4.69) is 27.2 Å². The normalized spacial score (nSPS) is 15.0. The summed E-state index contributed by atoms with van der Waals surface area (Å²) in [5, 5.41) is 5.64. The average molecular weight is 677 g/mol. The monoisotopic (exact) mass is 676 g/mol. The van der Waals surface area contributed by atoms with E-state index in [4.69, 9.17) is 10.5 Å². The Morgan fingerprint density at radius 3 is 2.62 bits per heavy atom. The van der Waals surface area contributed by atoms with Gasteiger partial charge in [-0.2, -0.15) is 0 Å². The molecule has 0 bridgehead atoms. The number of carbonyl (C=O) groups excluding carboxylic acids is 4. The lowest BCUT2D eigenvalue weighted by atomic mass is 10.1. The van der Waals surface area contributed by atoms with Gasteiger partial charge in [-0.3, -0.25) is 24.2 Å². The van der Waals surface area contributed by atoms with Crippen molar-refractivity contribution < 1.29 is 23.9 Å². The van der Waals surface area contributed by atoms with Gasteiger partial charge in [0, 0.05) is 70.4 Å². The molecule has 4 N–H and O–H groups in total. The third kappa shape index (κ3) is 7.51. The molecule has 6 rings (SSSR count). The number of nitrogens with one attached hydrogen (secondary N) is 2. The SMILES string of the molecule is C=C1C[C@H]2C=Nc3cc(OCCCC(=O)Nc4cn(C)c(C(=O)Cc5cc(C(=O)NCc6ccc(N)cc6)n(C)c5)n4)c(C)cc3C(=O)N2C1. The molecule has 2 aromatic heterocycles. The van der Waals surface area contributed by atoms with Gasteiger partial charge in [-0.15, -0.1) is 0 Å². The molecule has 2 aliphatic heterocycles. The zero-order chi connectivity index (χ0) is 35.5. The van der Waals surface area contributed by atoms with Crippen LogP contribution in [0.5, 0.6) is 5.75 Å². The van der Waals surface area contributed by atoms with Crippen LogP contribution in [0.4, 0.5) is 17.2 Å². The molecule has 3 amide bonds. The molecule has 50 heavy (non-hydrogen) atoms. The predicted molar refractivity (Wildman–Crippen MR) is 190 cm³/mol. The van der Waals surface area contributed by atoms with Gasteiger partial charge in [0.05, 0.1) is 23.9 Å². The predicted octanol–water partition coefficient (Wildman–Crippen LogP) is 4.29. The summed E-state index contributed by atoms with van der Waals surface area (Å²) in [6, 6.07) is 12.4. The third-order valence-electron chi connectivity index (χ3n) is 8.75. The fourth-order valence-electron chi connectivity index (χ4n) is 6.15. The lowest BCUT2D eigenvalue weighted by molar-refractivity contribution is -0.116. The summed E-state index contributed by atoms with van der Waals surface area (Å²) in [7, 11) is 3.43. The van der Waals surface area contributed by atoms with Gasteiger partial charge in [0.25, 0.3) is 11.8 Å². The molecular formula is C37H40N8O5. The van der Waals surface area contributed by atoms with Crippen LogP contribution in [-0.2, 0) is 31.9 Å². The van der Waals surface area contributed by atoms with Gasteiger partial charge in [0.2, 0.25) is 11.7 Å². The number of amides is 3. The summed E-state index contributed by atoms with van der Waals surface area (Å²) < 4.78 is 9.22. The van der Waals surface area contributed by atoms with Crippen molar-refractivity contribution in [2.24, 2.45) is 19.1 Å². The van der Waals surface area contributed by atoms with Crippen LogP contribution in [0.3, 0.4) is 0 Å². The Morgan fingerprint density at radius 2 is 1.84 bits per heavy atom. The first-order chi connectivity index (χ1) is 23.9. The van der Waals surface area contributed by atoms with Crippen LogP contribution in [0.15, 0.2) is 72.0 Å². The number of nitrogens with zero attached hydrogens (tertiary/aromatic N) is 5. The number of imidazole rings is 1. The Hall–Kier alpha value is -5.98. The number of aromatic nitrogens is 3. The molecule has 13 heteroatoms. The second-order valence-electron chi connectivity index (χ2n) is 12.8. The van der Waals surface area contributed by atoms with E-state index in [1.54, 1.807) is 77.1 Å². The molecule has 4 aromatic rings. The summed E-state index contributed by atoms with van der Waals surface area (Å²) in [5.74, 6) is 0.220. The summed E-state index contributed by atoms with van der Waals surface area (Å²) >= 11 is 0. The highest BCUT2D eigenvalue weighted by Crippen LogP contribution is 2.34. The molecule has 0 radical (unpaired) electrons. The van der Waals surface area contributed by atoms with Gasteiger partial charge in [-0.25, -0.2) is 4.98 Å². The number of nitrogen functional groups attached to an aromatic ring is 1. The van der Waals surface area contributed by atoms with E-state index in [-0.39, 0.29) is 60.6 Å². The first-order valence-electron chi connectivity index (χ1n) is 16.4. The molecule has 2 aromatic carbocycles. The molecule has 0 saturated carbocycles. The van der Waals surface area contributed by atoms with Crippen molar-refractivity contribution >= 4 is 46.9 Å². The topological polar surface area (TPSA) is 166 Å². The summed E-state index contributed by atoms with van der Waals surface area (Å²) in [6.07, 6.45) is 6.48. The minimum Gasteiger partial charge on any atom is -0.493 e. The Kier molecular flexibility index (Phi) is 9.66. The first kappa shape index (κ1) is 33.9. The van der Waals surface area contributed by atoms with E-state index in [0.29, 0.717) is 59.9 Å². The van der Waals surface area contributed by atoms with Gasteiger partial charge in [0.1, 0.15) is 11.4 Å². The smallest absolute Gasteiger partial charge is 0.268 e. The molecule has 0 unspecified atom stereocenters. The number of aliphatic imine (C=N–C) groups is 1. The van der Waals surface area contributed by atoms with Crippen LogP contribution < -0.4 is 21.1 Å². The van der Waals surface area contributed by atoms with Crippen LogP contribution >= 0.6 is 0 Å². The molecule has 0 spiro atoms. The molecule has 13 nitrogen and oxygen atoms in total. The van der Waals surface area contributed by atoms with Crippen molar-refractivity contribution in [3.05, 3.63) is 101 Å². The van der Waals surface area contributed by atoms with Crippen LogP contribution in [0.2, 0.25) is 0 Å². The number of hydrogen-bond donors (Lipinski definition) is 3. The molecule has 0 aliphatic carbocycles. The Labute approximate surface area is 289 Å². The van der Waals surface area contributed by atoms with E-state index in [0.717, 1.165) is 16.7 Å². The highest BCUT2D eigenvalue weighted by molar-refractivity contribution is 6.03. The largest absolute Gasteiger partial charge is 0.493 e. The van der Waals surface area contributed by atoms with Crippen LogP contribution in [0, 0.1) is 6.92 Å². The van der Waals surface area contributed by atoms with Gasteiger partial charge in [0.15, 0.2) is 11.6 Å². The number of Topliss-reactive ketones (excluding diaryl/α,β-unsaturated/α-hetero) is 1. The lowest BCUT2D eigenvalue weighted by Gasteiger charge is -2.20. The van der Waals surface area contributed by atoms with E-state index < -0.39 is 0 Å². The van der Waals surface area contributed by atoms with Crippen molar-refractivity contribution in [1.29, 1.82) is 0 Å². The third-order valence-corrected chi connectivity index (χ3v) is 8.75. The number of carbonyl (C=O) groups is 4. The number of benzene rings is 2. The van der Waals surface area contributed by atoms with E-state index in [9.17, 15) is 19.2 Å². The number of hydrogen-bond acceptors (Lipinski definition) is 8. The number of anilines is 2. The number of fused-ring (bicyclic) bond motifs is 2. The number of ketones is 1. The minimum absolute atomic E-state index is 0.0326. The van der Waals surface area contributed by atoms with E-state index in [1.165, 1.54) is 0 Å². The zero-order valence-electron chi connectivity index (χ0n) is 28.4. The number of nitrogens with two attached hydrogens (primary N) is 1. The van der Waals surface area contributed by atoms with Crippen LogP contribution in [0.25, 0.3) is 0 Å². The lowest BCUT2D eigenvalue weighted by Crippen LogP contribution is -2.35. The van der Waals surface area contributed by atoms with Crippen molar-refractivity contribution in [2.75, 3.05) is 24.2 Å². The standard InChI is InChI=1S/C37H40N8O5/c1-22-12-27-18-39-29-16-32(23(2)13-28(29)37(49)45(27)19-22)50-11-5-6-34(47)41-33-21-44(4)35(42-33)31(46)15-25-14-30(43(3)20-25)36(48)40-17-24-7-9-26(38)10-8-24/h7-10,13-14,16,18,20-21,27H,1,5-6,11-12,15,17,19,38H2,2-4H3,(H,40,48)(H,41,47)/t27-/m0/s1. The maximum Gasteiger partial charge on any atom is 0.268 e. The molecular weight excluding hydrogens is 636 g/mol. The van der Waals surface area contributed by atoms with Gasteiger partial charge < -0.3 is 35.1 Å². The maximum absolute atomic E-state index is 13.2. The van der Waals surface area contributed by atoms with Gasteiger partial charge in [-0.1, -0.05) is 24.3 Å². The summed E-state index contributed by atoms with van der Waals surface area (Å²) in [4.78, 5) is 62.5. The highest BCUT2D eigenvalue weighted by atomic mass is 16.5. The summed E-state index contributed by atoms with van der Waals surface area (Å²) in [6.45, 7) is 7.06. The molecule has 1 atom stereocenters. The Balaban J connectivity index is 0.979. The average Bonchev–Trinajstić information content (AvgIpc) is 3.74. The molecule has 4 heterocycles. The first-order valence-corrected chi connectivity index (χ1v) is 16.4. The van der Waals surface area contributed by atoms with Crippen LogP contribution in [0.1, 0.15) is 67.4 Å². The van der Waals surface area contributed by atoms with E-state index >= 15 is 0 Å². The summed E-state index contributed by atoms with van der Waals surface area (Å²) in [5.41, 5.74) is 11.3.